The van der Waals surface area contributed by atoms with Crippen molar-refractivity contribution in [2.45, 2.75) is 44.6 Å². The fourth-order valence-electron chi connectivity index (χ4n) is 5.47. The molecule has 34 heavy (non-hydrogen) atoms. The Balaban J connectivity index is 1.24. The van der Waals surface area contributed by atoms with Gasteiger partial charge in [0.1, 0.15) is 11.5 Å². The summed E-state index contributed by atoms with van der Waals surface area (Å²) in [4.78, 5) is 41.8. The van der Waals surface area contributed by atoms with Gasteiger partial charge in [0.2, 0.25) is 0 Å². The number of amides is 1. The highest BCUT2D eigenvalue weighted by Gasteiger charge is 2.31. The van der Waals surface area contributed by atoms with E-state index in [4.69, 9.17) is 4.98 Å². The van der Waals surface area contributed by atoms with Crippen LogP contribution >= 0.6 is 0 Å². The zero-order valence-electron chi connectivity index (χ0n) is 19.9. The van der Waals surface area contributed by atoms with Crippen LogP contribution in [0.15, 0.2) is 41.2 Å². The summed E-state index contributed by atoms with van der Waals surface area (Å²) in [6.45, 7) is 5.95. The van der Waals surface area contributed by atoms with Gasteiger partial charge in [0, 0.05) is 38.6 Å². The number of piperidine rings is 2. The Labute approximate surface area is 199 Å². The highest BCUT2D eigenvalue weighted by atomic mass is 16.1. The molecule has 0 aliphatic carbocycles. The number of hydrogen-bond acceptors (Lipinski definition) is 6. The van der Waals surface area contributed by atoms with E-state index in [1.165, 1.54) is 0 Å². The molecule has 8 heteroatoms. The Morgan fingerprint density at radius 3 is 2.62 bits per heavy atom. The summed E-state index contributed by atoms with van der Waals surface area (Å²) in [6, 6.07) is 11.9. The summed E-state index contributed by atoms with van der Waals surface area (Å²) in [5.74, 6) is 0.923. The minimum atomic E-state index is -0.157. The van der Waals surface area contributed by atoms with Crippen LogP contribution in [0.1, 0.15) is 53.6 Å². The number of fused-ring (bicyclic) bond motifs is 1. The first kappa shape index (κ1) is 22.5. The highest BCUT2D eigenvalue weighted by molar-refractivity contribution is 5.92. The van der Waals surface area contributed by atoms with Crippen molar-refractivity contribution in [2.75, 3.05) is 38.1 Å². The highest BCUT2D eigenvalue weighted by Crippen LogP contribution is 2.30. The van der Waals surface area contributed by atoms with Crippen LogP contribution in [0.3, 0.4) is 0 Å². The number of anilines is 1. The van der Waals surface area contributed by atoms with Crippen molar-refractivity contribution in [3.63, 3.8) is 0 Å². The minimum absolute atomic E-state index is 0.0440. The van der Waals surface area contributed by atoms with E-state index < -0.39 is 0 Å². The molecule has 4 heterocycles. The lowest BCUT2D eigenvalue weighted by atomic mass is 9.93. The molecule has 0 saturated carbocycles. The third-order valence-corrected chi connectivity index (χ3v) is 7.31. The van der Waals surface area contributed by atoms with E-state index in [9.17, 15) is 9.59 Å². The molecule has 2 aliphatic heterocycles. The molecule has 0 bridgehead atoms. The summed E-state index contributed by atoms with van der Waals surface area (Å²) in [7, 11) is 1.62. The first-order valence-electron chi connectivity index (χ1n) is 12.2. The zero-order valence-corrected chi connectivity index (χ0v) is 19.9. The summed E-state index contributed by atoms with van der Waals surface area (Å²) in [5, 5.41) is 3.28. The SMILES string of the molecule is CNC(=O)c1ccc(N2CCC(N3CCCC(c4nc5ccccc5c(=O)[nH]4)C3)CC2)c(C)n1. The van der Waals surface area contributed by atoms with E-state index >= 15 is 0 Å². The Kier molecular flexibility index (Phi) is 6.32. The molecule has 2 aromatic heterocycles. The molecule has 1 aromatic carbocycles. The second kappa shape index (κ2) is 9.54. The van der Waals surface area contributed by atoms with E-state index in [-0.39, 0.29) is 17.4 Å². The normalized spacial score (nSPS) is 19.9. The van der Waals surface area contributed by atoms with Crippen LogP contribution < -0.4 is 15.8 Å². The second-order valence-electron chi connectivity index (χ2n) is 9.40. The number of benzene rings is 1. The summed E-state index contributed by atoms with van der Waals surface area (Å²) in [6.07, 6.45) is 4.35. The van der Waals surface area contributed by atoms with Crippen molar-refractivity contribution in [3.8, 4) is 0 Å². The number of para-hydroxylation sites is 1. The van der Waals surface area contributed by atoms with Crippen molar-refractivity contribution in [2.24, 2.45) is 0 Å². The molecule has 5 rings (SSSR count). The van der Waals surface area contributed by atoms with Crippen LogP contribution in [0.25, 0.3) is 10.9 Å². The van der Waals surface area contributed by atoms with Gasteiger partial charge in [-0.05, 0) is 63.4 Å². The monoisotopic (exact) mass is 460 g/mol. The number of likely N-dealkylation sites (tertiary alicyclic amines) is 1. The molecule has 2 saturated heterocycles. The average Bonchev–Trinajstić information content (AvgIpc) is 2.88. The number of carbonyl (C=O) groups excluding carboxylic acids is 1. The molecular weight excluding hydrogens is 428 g/mol. The van der Waals surface area contributed by atoms with Gasteiger partial charge in [-0.15, -0.1) is 0 Å². The molecule has 3 aromatic rings. The molecular formula is C26H32N6O2. The van der Waals surface area contributed by atoms with E-state index in [1.54, 1.807) is 13.1 Å². The standard InChI is InChI=1S/C26H32N6O2/c1-17-23(10-9-22(28-17)26(34)27-2)31-14-11-19(12-15-31)32-13-5-6-18(16-32)24-29-21-8-4-3-7-20(21)25(33)30-24/h3-4,7-10,18-19H,5-6,11-16H2,1-2H3,(H,27,34)(H,29,30,33). The Bertz CT molecular complexity index is 1250. The molecule has 178 valence electrons. The number of hydrogen-bond donors (Lipinski definition) is 2. The summed E-state index contributed by atoms with van der Waals surface area (Å²) < 4.78 is 0. The largest absolute Gasteiger partial charge is 0.370 e. The number of nitrogens with one attached hydrogen (secondary N) is 2. The average molecular weight is 461 g/mol. The number of nitrogens with zero attached hydrogens (tertiary/aromatic N) is 4. The van der Waals surface area contributed by atoms with Crippen LogP contribution in [0.4, 0.5) is 5.69 Å². The Morgan fingerprint density at radius 2 is 1.85 bits per heavy atom. The summed E-state index contributed by atoms with van der Waals surface area (Å²) in [5.41, 5.74) is 3.19. The lowest BCUT2D eigenvalue weighted by Gasteiger charge is -2.42. The van der Waals surface area contributed by atoms with Crippen molar-refractivity contribution in [1.82, 2.24) is 25.2 Å². The predicted molar refractivity (Wildman–Crippen MR) is 134 cm³/mol. The van der Waals surface area contributed by atoms with Crippen molar-refractivity contribution < 1.29 is 4.79 Å². The molecule has 2 fully saturated rings. The smallest absolute Gasteiger partial charge is 0.269 e. The molecule has 8 nitrogen and oxygen atoms in total. The number of aromatic nitrogens is 3. The Morgan fingerprint density at radius 1 is 1.06 bits per heavy atom. The van der Waals surface area contributed by atoms with E-state index in [0.29, 0.717) is 17.1 Å². The maximum atomic E-state index is 12.6. The van der Waals surface area contributed by atoms with Crippen LogP contribution in [0.2, 0.25) is 0 Å². The van der Waals surface area contributed by atoms with E-state index in [1.807, 2.05) is 37.3 Å². The van der Waals surface area contributed by atoms with Crippen molar-refractivity contribution in [3.05, 3.63) is 64.0 Å². The molecule has 1 unspecified atom stereocenters. The lowest BCUT2D eigenvalue weighted by Crippen LogP contribution is -2.48. The van der Waals surface area contributed by atoms with Gasteiger partial charge in [-0.25, -0.2) is 9.97 Å². The lowest BCUT2D eigenvalue weighted by molar-refractivity contribution is 0.0958. The molecule has 1 atom stereocenters. The van der Waals surface area contributed by atoms with Gasteiger partial charge in [0.15, 0.2) is 0 Å². The van der Waals surface area contributed by atoms with Crippen molar-refractivity contribution >= 4 is 22.5 Å². The van der Waals surface area contributed by atoms with Gasteiger partial charge in [-0.3, -0.25) is 14.5 Å². The van der Waals surface area contributed by atoms with Gasteiger partial charge in [-0.2, -0.15) is 0 Å². The number of aromatic amines is 1. The molecule has 2 N–H and O–H groups in total. The van der Waals surface area contributed by atoms with Crippen LogP contribution in [0, 0.1) is 6.92 Å². The topological polar surface area (TPSA) is 94.2 Å². The molecule has 2 aliphatic rings. The number of aryl methyl sites for hydroxylation is 1. The third-order valence-electron chi connectivity index (χ3n) is 7.31. The molecule has 0 radical (unpaired) electrons. The Hall–Kier alpha value is -3.26. The predicted octanol–water partition coefficient (Wildman–Crippen LogP) is 2.83. The maximum Gasteiger partial charge on any atom is 0.269 e. The zero-order chi connectivity index (χ0) is 23.7. The summed E-state index contributed by atoms with van der Waals surface area (Å²) >= 11 is 0. The fourth-order valence-corrected chi connectivity index (χ4v) is 5.47. The van der Waals surface area contributed by atoms with Gasteiger partial charge < -0.3 is 15.2 Å². The van der Waals surface area contributed by atoms with Gasteiger partial charge >= 0.3 is 0 Å². The van der Waals surface area contributed by atoms with Crippen molar-refractivity contribution in [1.29, 1.82) is 0 Å². The number of carbonyl (C=O) groups is 1. The first-order chi connectivity index (χ1) is 16.5. The van der Waals surface area contributed by atoms with Crippen LogP contribution in [-0.2, 0) is 0 Å². The molecule has 1 amide bonds. The second-order valence-corrected chi connectivity index (χ2v) is 9.40. The molecule has 0 spiro atoms. The van der Waals surface area contributed by atoms with Gasteiger partial charge in [-0.1, -0.05) is 12.1 Å². The maximum absolute atomic E-state index is 12.6. The van der Waals surface area contributed by atoms with E-state index in [0.717, 1.165) is 74.6 Å². The van der Waals surface area contributed by atoms with Crippen LogP contribution in [-0.4, -0.2) is 65.0 Å². The quantitative estimate of drug-likeness (QED) is 0.622. The van der Waals surface area contributed by atoms with Crippen LogP contribution in [0.5, 0.6) is 0 Å². The minimum Gasteiger partial charge on any atom is -0.370 e. The van der Waals surface area contributed by atoms with Gasteiger partial charge in [0.05, 0.1) is 22.3 Å². The number of H-pyrrole nitrogens is 1. The first-order valence-corrected chi connectivity index (χ1v) is 12.2. The number of pyridine rings is 1. The third kappa shape index (κ3) is 4.42. The van der Waals surface area contributed by atoms with E-state index in [2.05, 4.69) is 25.1 Å². The fraction of sp³-hybridized carbons (Fsp3) is 0.462. The van der Waals surface area contributed by atoms with Gasteiger partial charge in [0.25, 0.3) is 11.5 Å². The number of rotatable bonds is 4.